The molecule has 6 heteroatoms. The molecule has 0 aliphatic carbocycles. The lowest BCUT2D eigenvalue weighted by Gasteiger charge is -2.38. The largest absolute Gasteiger partial charge is 0.256 e. The van der Waals surface area contributed by atoms with E-state index in [2.05, 4.69) is 68.0 Å². The van der Waals surface area contributed by atoms with E-state index in [0.29, 0.717) is 28.2 Å². The van der Waals surface area contributed by atoms with Crippen molar-refractivity contribution >= 4 is 19.7 Å². The quantitative estimate of drug-likeness (QED) is 0.148. The van der Waals surface area contributed by atoms with Crippen molar-refractivity contribution in [1.82, 2.24) is 4.98 Å². The lowest BCUT2D eigenvalue weighted by molar-refractivity contribution is 0.838. The smallest absolute Gasteiger partial charge is 0.146 e. The summed E-state index contributed by atoms with van der Waals surface area (Å²) in [7, 11) is -1.78. The fourth-order valence-electron chi connectivity index (χ4n) is 3.59. The summed E-state index contributed by atoms with van der Waals surface area (Å²) < 4.78 is 0. The zero-order valence-electron chi connectivity index (χ0n) is 15.5. The van der Waals surface area contributed by atoms with Gasteiger partial charge in [0.05, 0.1) is 18.1 Å². The Morgan fingerprint density at radius 3 is 2.12 bits per heavy atom. The average molecular weight is 363 g/mol. The van der Waals surface area contributed by atoms with E-state index in [1.165, 1.54) is 0 Å². The van der Waals surface area contributed by atoms with Gasteiger partial charge in [0, 0.05) is 16.2 Å². The molecule has 0 radical (unpaired) electrons. The molecule has 1 rings (SSSR count). The summed E-state index contributed by atoms with van der Waals surface area (Å²) in [5.74, 6) is 3.72. The first kappa shape index (κ1) is 20.6. The van der Waals surface area contributed by atoms with Gasteiger partial charge in [-0.05, 0) is 34.3 Å². The summed E-state index contributed by atoms with van der Waals surface area (Å²) in [6.07, 6.45) is 0. The minimum Gasteiger partial charge on any atom is -0.256 e. The molecule has 0 bridgehead atoms. The Bertz CT molecular complexity index is 646. The Hall–Kier alpha value is -1.47. The maximum atomic E-state index is 8.50. The number of azide groups is 1. The number of alkyl halides is 1. The summed E-state index contributed by atoms with van der Waals surface area (Å²) in [6.45, 7) is 14.0. The second-order valence-electron chi connectivity index (χ2n) is 7.01. The third-order valence-corrected chi connectivity index (χ3v) is 11.2. The van der Waals surface area contributed by atoms with E-state index in [1.807, 2.05) is 12.1 Å². The molecule has 1 aromatic rings. The highest BCUT2D eigenvalue weighted by Crippen LogP contribution is 2.40. The topological polar surface area (TPSA) is 61.7 Å². The van der Waals surface area contributed by atoms with Crippen LogP contribution in [0, 0.1) is 11.5 Å². The summed E-state index contributed by atoms with van der Waals surface area (Å²) in [5, 5.41) is 3.59. The zero-order valence-corrected chi connectivity index (χ0v) is 17.2. The van der Waals surface area contributed by atoms with Crippen LogP contribution in [0.25, 0.3) is 10.4 Å². The van der Waals surface area contributed by atoms with Gasteiger partial charge >= 0.3 is 0 Å². The highest BCUT2D eigenvalue weighted by molar-refractivity contribution is 6.90. The van der Waals surface area contributed by atoms with Gasteiger partial charge in [0.25, 0.3) is 0 Å². The van der Waals surface area contributed by atoms with Crippen molar-refractivity contribution in [2.24, 2.45) is 5.11 Å². The fraction of sp³-hybridized carbons (Fsp3) is 0.611. The normalized spacial score (nSPS) is 11.4. The highest BCUT2D eigenvalue weighted by atomic mass is 35.5. The van der Waals surface area contributed by atoms with Gasteiger partial charge in [0.15, 0.2) is 0 Å². The molecule has 0 unspecified atom stereocenters. The van der Waals surface area contributed by atoms with E-state index < -0.39 is 8.07 Å². The molecule has 130 valence electrons. The van der Waals surface area contributed by atoms with Gasteiger partial charge in [0.2, 0.25) is 0 Å². The van der Waals surface area contributed by atoms with Crippen LogP contribution in [0.2, 0.25) is 16.6 Å². The molecule has 24 heavy (non-hydrogen) atoms. The van der Waals surface area contributed by atoms with Crippen molar-refractivity contribution in [2.75, 3.05) is 0 Å². The average Bonchev–Trinajstić information content (AvgIpc) is 2.52. The molecule has 0 atom stereocenters. The van der Waals surface area contributed by atoms with Gasteiger partial charge in [-0.1, -0.05) is 52.6 Å². The van der Waals surface area contributed by atoms with E-state index in [9.17, 15) is 0 Å². The fourth-order valence-corrected chi connectivity index (χ4v) is 8.95. The molecule has 0 aliphatic heterocycles. The Balaban J connectivity index is 3.37. The number of pyridine rings is 1. The monoisotopic (exact) mass is 362 g/mol. The molecule has 0 aromatic carbocycles. The number of nitrogens with zero attached hydrogens (tertiary/aromatic N) is 4. The number of rotatable bonds is 6. The maximum Gasteiger partial charge on any atom is 0.146 e. The molecule has 0 saturated carbocycles. The van der Waals surface area contributed by atoms with Crippen LogP contribution >= 0.6 is 11.6 Å². The first-order valence-electron chi connectivity index (χ1n) is 8.37. The highest BCUT2D eigenvalue weighted by Gasteiger charge is 2.41. The van der Waals surface area contributed by atoms with E-state index >= 15 is 0 Å². The standard InChI is InChI=1S/C18H27ClN4Si/c1-13(2)24(14(3)4,15(5)6)8-7-16-9-17(11-19)22-18(10-16)12-21-23-20/h9-10,13-15H,11-12H2,1-6H3. The second-order valence-corrected chi connectivity index (χ2v) is 12.9. The molecular formula is C18H27ClN4Si. The molecule has 1 aromatic heterocycles. The molecule has 0 aliphatic rings. The summed E-state index contributed by atoms with van der Waals surface area (Å²) in [5.41, 5.74) is 16.3. The van der Waals surface area contributed by atoms with Crippen molar-refractivity contribution in [3.05, 3.63) is 39.5 Å². The first-order chi connectivity index (χ1) is 11.3. The third kappa shape index (κ3) is 4.77. The Morgan fingerprint density at radius 1 is 1.12 bits per heavy atom. The molecule has 4 nitrogen and oxygen atoms in total. The Labute approximate surface area is 151 Å². The molecule has 0 spiro atoms. The second kappa shape index (κ2) is 9.13. The van der Waals surface area contributed by atoms with Crippen molar-refractivity contribution in [2.45, 2.75) is 70.6 Å². The van der Waals surface area contributed by atoms with Crippen LogP contribution in [-0.2, 0) is 12.4 Å². The summed E-state index contributed by atoms with van der Waals surface area (Å²) in [6, 6.07) is 3.83. The predicted octanol–water partition coefficient (Wildman–Crippen LogP) is 6.20. The van der Waals surface area contributed by atoms with Crippen LogP contribution in [0.5, 0.6) is 0 Å². The van der Waals surface area contributed by atoms with E-state index in [0.717, 1.165) is 11.3 Å². The molecular weight excluding hydrogens is 336 g/mol. The van der Waals surface area contributed by atoms with Crippen molar-refractivity contribution in [3.8, 4) is 11.5 Å². The van der Waals surface area contributed by atoms with Crippen LogP contribution < -0.4 is 0 Å². The Morgan fingerprint density at radius 2 is 1.67 bits per heavy atom. The van der Waals surface area contributed by atoms with Gasteiger partial charge in [-0.25, -0.2) is 0 Å². The Kier molecular flexibility index (Phi) is 7.82. The van der Waals surface area contributed by atoms with Crippen LogP contribution in [0.4, 0.5) is 0 Å². The van der Waals surface area contributed by atoms with E-state index in [4.69, 9.17) is 17.1 Å². The molecule has 0 N–H and O–H groups in total. The number of aromatic nitrogens is 1. The van der Waals surface area contributed by atoms with Crippen LogP contribution in [0.15, 0.2) is 17.2 Å². The van der Waals surface area contributed by atoms with E-state index in [1.54, 1.807) is 0 Å². The molecule has 0 fully saturated rings. The lowest BCUT2D eigenvalue weighted by atomic mass is 10.2. The lowest BCUT2D eigenvalue weighted by Crippen LogP contribution is -2.43. The third-order valence-electron chi connectivity index (χ3n) is 4.65. The molecule has 0 saturated heterocycles. The number of halogens is 1. The van der Waals surface area contributed by atoms with Gasteiger partial charge < -0.3 is 0 Å². The van der Waals surface area contributed by atoms with E-state index in [-0.39, 0.29) is 6.54 Å². The van der Waals surface area contributed by atoms with Gasteiger partial charge in [-0.3, -0.25) is 4.98 Å². The minimum absolute atomic E-state index is 0.219. The summed E-state index contributed by atoms with van der Waals surface area (Å²) >= 11 is 5.94. The summed E-state index contributed by atoms with van der Waals surface area (Å²) in [4.78, 5) is 7.18. The number of hydrogen-bond acceptors (Lipinski definition) is 2. The predicted molar refractivity (Wildman–Crippen MR) is 105 cm³/mol. The van der Waals surface area contributed by atoms with Crippen molar-refractivity contribution < 1.29 is 0 Å². The van der Waals surface area contributed by atoms with Gasteiger partial charge in [-0.2, -0.15) is 0 Å². The van der Waals surface area contributed by atoms with Gasteiger partial charge in [0.1, 0.15) is 8.07 Å². The zero-order chi connectivity index (χ0) is 18.3. The first-order valence-corrected chi connectivity index (χ1v) is 11.1. The van der Waals surface area contributed by atoms with Crippen LogP contribution in [0.3, 0.4) is 0 Å². The molecule has 0 amide bonds. The minimum atomic E-state index is -1.78. The van der Waals surface area contributed by atoms with Crippen molar-refractivity contribution in [3.63, 3.8) is 0 Å². The van der Waals surface area contributed by atoms with Crippen LogP contribution in [-0.4, -0.2) is 13.1 Å². The van der Waals surface area contributed by atoms with Crippen LogP contribution in [0.1, 0.15) is 58.5 Å². The molecule has 1 heterocycles. The SMILES string of the molecule is CC(C)[Si](C#Cc1cc(CCl)nc(CN=[N+]=[N-])c1)(C(C)C)C(C)C. The number of hydrogen-bond donors (Lipinski definition) is 0. The van der Waals surface area contributed by atoms with Gasteiger partial charge in [-0.15, -0.1) is 17.1 Å². The van der Waals surface area contributed by atoms with Crippen molar-refractivity contribution in [1.29, 1.82) is 0 Å². The maximum absolute atomic E-state index is 8.50.